The molecule has 136 valence electrons. The minimum absolute atomic E-state index is 0.0872. The van der Waals surface area contributed by atoms with Gasteiger partial charge in [-0.25, -0.2) is 4.39 Å². The van der Waals surface area contributed by atoms with Crippen LogP contribution in [0.4, 0.5) is 10.1 Å². The fraction of sp³-hybridized carbons (Fsp3) is 0.167. The highest BCUT2D eigenvalue weighted by Crippen LogP contribution is 2.24. The molecule has 6 nitrogen and oxygen atoms in total. The predicted octanol–water partition coefficient (Wildman–Crippen LogP) is 2.46. The van der Waals surface area contributed by atoms with Crippen molar-refractivity contribution in [3.63, 3.8) is 0 Å². The number of hydrogen-bond acceptors (Lipinski definition) is 5. The van der Waals surface area contributed by atoms with E-state index in [1.807, 2.05) is 18.4 Å². The monoisotopic (exact) mass is 376 g/mol. The zero-order valence-corrected chi connectivity index (χ0v) is 14.8. The summed E-state index contributed by atoms with van der Waals surface area (Å²) in [6.07, 6.45) is 1.88. The topological polar surface area (TPSA) is 84.5 Å². The second kappa shape index (κ2) is 9.57. The molecule has 2 amide bonds. The number of nitrogens with one attached hydrogen (secondary N) is 2. The van der Waals surface area contributed by atoms with Crippen molar-refractivity contribution in [1.82, 2.24) is 5.32 Å². The number of esters is 1. The quantitative estimate of drug-likeness (QED) is 0.573. The van der Waals surface area contributed by atoms with Crippen molar-refractivity contribution >= 4 is 35.2 Å². The summed E-state index contributed by atoms with van der Waals surface area (Å²) in [4.78, 5) is 36.2. The first kappa shape index (κ1) is 19.5. The van der Waals surface area contributed by atoms with Crippen molar-refractivity contribution in [2.45, 2.75) is 4.90 Å². The Labute approximate surface area is 154 Å². The number of benzene rings is 2. The lowest BCUT2D eigenvalue weighted by Crippen LogP contribution is -2.32. The minimum atomic E-state index is -0.775. The Morgan fingerprint density at radius 3 is 2.62 bits per heavy atom. The molecule has 2 N–H and O–H groups in total. The van der Waals surface area contributed by atoms with E-state index in [4.69, 9.17) is 4.74 Å². The number of rotatable bonds is 7. The molecule has 0 heterocycles. The van der Waals surface area contributed by atoms with E-state index in [-0.39, 0.29) is 5.56 Å². The van der Waals surface area contributed by atoms with Crippen LogP contribution in [0, 0.1) is 5.82 Å². The number of para-hydroxylation sites is 1. The molecule has 0 fully saturated rings. The van der Waals surface area contributed by atoms with Crippen molar-refractivity contribution in [3.05, 3.63) is 59.9 Å². The van der Waals surface area contributed by atoms with Crippen molar-refractivity contribution in [1.29, 1.82) is 0 Å². The number of amides is 2. The molecule has 2 aromatic carbocycles. The highest BCUT2D eigenvalue weighted by Gasteiger charge is 2.12. The number of halogens is 1. The Hall–Kier alpha value is -2.87. The number of carbonyl (C=O) groups is 3. The molecule has 0 atom stereocenters. The summed E-state index contributed by atoms with van der Waals surface area (Å²) in [6.45, 7) is -0.901. The molecule has 2 rings (SSSR count). The van der Waals surface area contributed by atoms with Gasteiger partial charge >= 0.3 is 5.97 Å². The fourth-order valence-electron chi connectivity index (χ4n) is 2.02. The van der Waals surface area contributed by atoms with Crippen LogP contribution in [-0.4, -0.2) is 37.2 Å². The van der Waals surface area contributed by atoms with E-state index in [0.29, 0.717) is 5.69 Å². The van der Waals surface area contributed by atoms with Gasteiger partial charge in [-0.3, -0.25) is 14.4 Å². The largest absolute Gasteiger partial charge is 0.454 e. The molecule has 0 saturated carbocycles. The maximum absolute atomic E-state index is 13.1. The van der Waals surface area contributed by atoms with E-state index in [2.05, 4.69) is 10.6 Å². The molecule has 0 aliphatic rings. The van der Waals surface area contributed by atoms with Gasteiger partial charge in [-0.15, -0.1) is 11.8 Å². The fourth-order valence-corrected chi connectivity index (χ4v) is 2.57. The molecule has 8 heteroatoms. The third kappa shape index (κ3) is 5.89. The standard InChI is InChI=1S/C18H17FN2O4S/c1-26-15-8-3-2-7-14(15)21-16(22)11-25-17(23)10-20-18(24)12-5-4-6-13(19)9-12/h2-9H,10-11H2,1H3,(H,20,24)(H,21,22). The van der Waals surface area contributed by atoms with Crippen LogP contribution in [0.25, 0.3) is 0 Å². The Kier molecular flexibility index (Phi) is 7.16. The lowest BCUT2D eigenvalue weighted by Gasteiger charge is -2.10. The van der Waals surface area contributed by atoms with Crippen LogP contribution in [0.15, 0.2) is 53.4 Å². The normalized spacial score (nSPS) is 10.1. The number of carbonyl (C=O) groups excluding carboxylic acids is 3. The SMILES string of the molecule is CSc1ccccc1NC(=O)COC(=O)CNC(=O)c1cccc(F)c1. The van der Waals surface area contributed by atoms with E-state index in [1.165, 1.54) is 30.0 Å². The second-order valence-corrected chi connectivity index (χ2v) is 5.95. The molecular weight excluding hydrogens is 359 g/mol. The summed E-state index contributed by atoms with van der Waals surface area (Å²) < 4.78 is 17.9. The highest BCUT2D eigenvalue weighted by molar-refractivity contribution is 7.98. The van der Waals surface area contributed by atoms with Crippen LogP contribution in [0.1, 0.15) is 10.4 Å². The molecule has 0 aliphatic carbocycles. The van der Waals surface area contributed by atoms with Gasteiger partial charge in [0.25, 0.3) is 11.8 Å². The van der Waals surface area contributed by atoms with Crippen molar-refractivity contribution < 1.29 is 23.5 Å². The van der Waals surface area contributed by atoms with Crippen LogP contribution in [0.5, 0.6) is 0 Å². The smallest absolute Gasteiger partial charge is 0.325 e. The Morgan fingerprint density at radius 2 is 1.88 bits per heavy atom. The van der Waals surface area contributed by atoms with E-state index in [9.17, 15) is 18.8 Å². The number of anilines is 1. The molecule has 0 aliphatic heterocycles. The van der Waals surface area contributed by atoms with Gasteiger partial charge in [0.2, 0.25) is 0 Å². The maximum atomic E-state index is 13.1. The summed E-state index contributed by atoms with van der Waals surface area (Å²) >= 11 is 1.48. The molecule has 0 bridgehead atoms. The Balaban J connectivity index is 1.76. The molecule has 0 radical (unpaired) electrons. The minimum Gasteiger partial charge on any atom is -0.454 e. The van der Waals surface area contributed by atoms with E-state index in [0.717, 1.165) is 11.0 Å². The van der Waals surface area contributed by atoms with Gasteiger partial charge in [0, 0.05) is 10.5 Å². The zero-order valence-electron chi connectivity index (χ0n) is 14.0. The summed E-state index contributed by atoms with van der Waals surface area (Å²) in [6, 6.07) is 12.3. The van der Waals surface area contributed by atoms with Gasteiger partial charge in [-0.05, 0) is 36.6 Å². The van der Waals surface area contributed by atoms with Gasteiger partial charge in [0.05, 0.1) is 5.69 Å². The average Bonchev–Trinajstić information content (AvgIpc) is 2.64. The molecule has 0 spiro atoms. The third-order valence-electron chi connectivity index (χ3n) is 3.23. The van der Waals surface area contributed by atoms with Gasteiger partial charge in [-0.1, -0.05) is 18.2 Å². The molecule has 2 aromatic rings. The summed E-state index contributed by atoms with van der Waals surface area (Å²) in [5.74, 6) is -2.43. The number of thioether (sulfide) groups is 1. The maximum Gasteiger partial charge on any atom is 0.325 e. The van der Waals surface area contributed by atoms with Gasteiger partial charge < -0.3 is 15.4 Å². The van der Waals surface area contributed by atoms with Crippen LogP contribution >= 0.6 is 11.8 Å². The lowest BCUT2D eigenvalue weighted by molar-refractivity contribution is -0.146. The molecule has 26 heavy (non-hydrogen) atoms. The van der Waals surface area contributed by atoms with Crippen LogP contribution in [-0.2, 0) is 14.3 Å². The van der Waals surface area contributed by atoms with Crippen LogP contribution < -0.4 is 10.6 Å². The highest BCUT2D eigenvalue weighted by atomic mass is 32.2. The van der Waals surface area contributed by atoms with Crippen molar-refractivity contribution in [2.75, 3.05) is 24.7 Å². The first-order valence-corrected chi connectivity index (χ1v) is 8.84. The molecule has 0 aromatic heterocycles. The first-order chi connectivity index (χ1) is 12.5. The van der Waals surface area contributed by atoms with E-state index in [1.54, 1.807) is 12.1 Å². The summed E-state index contributed by atoms with van der Waals surface area (Å²) in [5, 5.41) is 4.95. The van der Waals surface area contributed by atoms with Gasteiger partial charge in [-0.2, -0.15) is 0 Å². The Morgan fingerprint density at radius 1 is 1.12 bits per heavy atom. The van der Waals surface area contributed by atoms with Crippen molar-refractivity contribution in [2.24, 2.45) is 0 Å². The van der Waals surface area contributed by atoms with E-state index >= 15 is 0 Å². The average molecular weight is 376 g/mol. The van der Waals surface area contributed by atoms with Gasteiger partial charge in [0.1, 0.15) is 12.4 Å². The van der Waals surface area contributed by atoms with Crippen molar-refractivity contribution in [3.8, 4) is 0 Å². The van der Waals surface area contributed by atoms with Crippen LogP contribution in [0.3, 0.4) is 0 Å². The number of hydrogen-bond donors (Lipinski definition) is 2. The predicted molar refractivity (Wildman–Crippen MR) is 96.5 cm³/mol. The second-order valence-electron chi connectivity index (χ2n) is 5.10. The lowest BCUT2D eigenvalue weighted by atomic mass is 10.2. The molecule has 0 saturated heterocycles. The molecular formula is C18H17FN2O4S. The summed E-state index contributed by atoms with van der Waals surface area (Å²) in [5.41, 5.74) is 0.713. The zero-order chi connectivity index (χ0) is 18.9. The number of ether oxygens (including phenoxy) is 1. The third-order valence-corrected chi connectivity index (χ3v) is 4.02. The van der Waals surface area contributed by atoms with Crippen LogP contribution in [0.2, 0.25) is 0 Å². The van der Waals surface area contributed by atoms with E-state index < -0.39 is 36.8 Å². The Bertz CT molecular complexity index is 813. The molecule has 0 unspecified atom stereocenters. The first-order valence-electron chi connectivity index (χ1n) is 7.62. The van der Waals surface area contributed by atoms with Gasteiger partial charge in [0.15, 0.2) is 6.61 Å². The summed E-state index contributed by atoms with van der Waals surface area (Å²) in [7, 11) is 0.